The Morgan fingerprint density at radius 1 is 1.53 bits per heavy atom. The maximum Gasteiger partial charge on any atom is 0.231 e. The maximum atomic E-state index is 11.9. The second-order valence-electron chi connectivity index (χ2n) is 5.12. The van der Waals surface area contributed by atoms with Gasteiger partial charge in [-0.1, -0.05) is 31.8 Å². The topological polar surface area (TPSA) is 87.7 Å². The van der Waals surface area contributed by atoms with E-state index in [4.69, 9.17) is 10.9 Å². The number of nitrogens with two attached hydrogens (primary N) is 1. The average molecular weight is 241 g/mol. The van der Waals surface area contributed by atoms with Crippen LogP contribution in [-0.4, -0.2) is 23.5 Å². The summed E-state index contributed by atoms with van der Waals surface area (Å²) in [5.74, 6) is 0.206. The van der Waals surface area contributed by atoms with E-state index in [0.717, 1.165) is 12.3 Å². The van der Waals surface area contributed by atoms with Gasteiger partial charge >= 0.3 is 0 Å². The fourth-order valence-electron chi connectivity index (χ4n) is 1.96. The second kappa shape index (κ2) is 6.47. The van der Waals surface area contributed by atoms with Crippen molar-refractivity contribution in [1.82, 2.24) is 5.32 Å². The maximum absolute atomic E-state index is 11.9. The molecule has 1 amide bonds. The smallest absolute Gasteiger partial charge is 0.231 e. The molecule has 0 aliphatic heterocycles. The van der Waals surface area contributed by atoms with Crippen molar-refractivity contribution in [3.8, 4) is 0 Å². The van der Waals surface area contributed by atoms with Crippen LogP contribution in [0.3, 0.4) is 0 Å². The Kier molecular flexibility index (Phi) is 5.25. The number of rotatable bonds is 7. The van der Waals surface area contributed by atoms with Crippen molar-refractivity contribution >= 4 is 11.7 Å². The Hall–Kier alpha value is -1.26. The molecule has 1 fully saturated rings. The van der Waals surface area contributed by atoms with Gasteiger partial charge in [0, 0.05) is 6.54 Å². The van der Waals surface area contributed by atoms with Gasteiger partial charge in [-0.25, -0.2) is 0 Å². The lowest BCUT2D eigenvalue weighted by molar-refractivity contribution is -0.124. The number of carbonyl (C=O) groups excluding carboxylic acids is 1. The molecule has 98 valence electrons. The quantitative estimate of drug-likeness (QED) is 0.206. The van der Waals surface area contributed by atoms with Gasteiger partial charge in [0.15, 0.2) is 5.84 Å². The van der Waals surface area contributed by atoms with Crippen molar-refractivity contribution < 1.29 is 10.0 Å². The van der Waals surface area contributed by atoms with Gasteiger partial charge in [-0.2, -0.15) is 0 Å². The lowest BCUT2D eigenvalue weighted by atomic mass is 9.94. The second-order valence-corrected chi connectivity index (χ2v) is 5.12. The minimum absolute atomic E-state index is 0.0142. The number of oxime groups is 1. The van der Waals surface area contributed by atoms with Crippen LogP contribution < -0.4 is 11.1 Å². The zero-order chi connectivity index (χ0) is 12.8. The SMILES string of the molecule is CC(C)C(C(=O)NCCCC1CC1)C(N)=NO. The van der Waals surface area contributed by atoms with E-state index in [1.807, 2.05) is 13.8 Å². The fraction of sp³-hybridized carbons (Fsp3) is 0.833. The zero-order valence-electron chi connectivity index (χ0n) is 10.6. The predicted molar refractivity (Wildman–Crippen MR) is 66.7 cm³/mol. The Bertz CT molecular complexity index is 285. The summed E-state index contributed by atoms with van der Waals surface area (Å²) >= 11 is 0. The van der Waals surface area contributed by atoms with Gasteiger partial charge in [0.2, 0.25) is 5.91 Å². The summed E-state index contributed by atoms with van der Waals surface area (Å²) in [5, 5.41) is 14.4. The molecule has 0 spiro atoms. The molecule has 0 heterocycles. The van der Waals surface area contributed by atoms with E-state index < -0.39 is 5.92 Å². The van der Waals surface area contributed by atoms with Crippen LogP contribution in [0.15, 0.2) is 5.16 Å². The van der Waals surface area contributed by atoms with Crippen LogP contribution in [0.2, 0.25) is 0 Å². The minimum atomic E-state index is -0.541. The van der Waals surface area contributed by atoms with Gasteiger partial charge in [-0.15, -0.1) is 0 Å². The molecule has 1 aliphatic rings. The molecule has 0 saturated heterocycles. The number of amides is 1. The average Bonchev–Trinajstić information content (AvgIpc) is 3.07. The first-order chi connectivity index (χ1) is 8.06. The van der Waals surface area contributed by atoms with Gasteiger partial charge < -0.3 is 16.3 Å². The zero-order valence-corrected chi connectivity index (χ0v) is 10.6. The third kappa shape index (κ3) is 4.63. The van der Waals surface area contributed by atoms with Crippen molar-refractivity contribution in [2.75, 3.05) is 6.54 Å². The molecular weight excluding hydrogens is 218 g/mol. The molecular formula is C12H23N3O2. The lowest BCUT2D eigenvalue weighted by Gasteiger charge is -2.18. The minimum Gasteiger partial charge on any atom is -0.409 e. The molecule has 0 aromatic carbocycles. The molecule has 1 rings (SSSR count). The summed E-state index contributed by atoms with van der Waals surface area (Å²) in [7, 11) is 0. The lowest BCUT2D eigenvalue weighted by Crippen LogP contribution is -2.42. The van der Waals surface area contributed by atoms with Crippen LogP contribution in [0, 0.1) is 17.8 Å². The summed E-state index contributed by atoms with van der Waals surface area (Å²) in [6.45, 7) is 4.44. The van der Waals surface area contributed by atoms with Crippen LogP contribution in [-0.2, 0) is 4.79 Å². The highest BCUT2D eigenvalue weighted by atomic mass is 16.4. The summed E-state index contributed by atoms with van der Waals surface area (Å²) in [6.07, 6.45) is 4.88. The summed E-state index contributed by atoms with van der Waals surface area (Å²) < 4.78 is 0. The van der Waals surface area contributed by atoms with E-state index in [1.165, 1.54) is 19.3 Å². The Morgan fingerprint density at radius 3 is 2.65 bits per heavy atom. The van der Waals surface area contributed by atoms with Crippen molar-refractivity contribution in [3.05, 3.63) is 0 Å². The number of hydrogen-bond acceptors (Lipinski definition) is 3. The highest BCUT2D eigenvalue weighted by Crippen LogP contribution is 2.33. The third-order valence-electron chi connectivity index (χ3n) is 3.17. The molecule has 0 radical (unpaired) electrons. The molecule has 1 atom stereocenters. The van der Waals surface area contributed by atoms with Crippen molar-refractivity contribution in [2.24, 2.45) is 28.6 Å². The van der Waals surface area contributed by atoms with Gasteiger partial charge in [0.25, 0.3) is 0 Å². The largest absolute Gasteiger partial charge is 0.409 e. The highest BCUT2D eigenvalue weighted by molar-refractivity contribution is 6.02. The molecule has 17 heavy (non-hydrogen) atoms. The van der Waals surface area contributed by atoms with Crippen molar-refractivity contribution in [2.45, 2.75) is 39.5 Å². The molecule has 0 aromatic heterocycles. The first-order valence-corrected chi connectivity index (χ1v) is 6.31. The van der Waals surface area contributed by atoms with Crippen LogP contribution in [0.25, 0.3) is 0 Å². The normalized spacial score (nSPS) is 18.2. The van der Waals surface area contributed by atoms with Crippen molar-refractivity contribution in [3.63, 3.8) is 0 Å². The van der Waals surface area contributed by atoms with E-state index in [-0.39, 0.29) is 17.7 Å². The molecule has 0 aromatic rings. The molecule has 1 saturated carbocycles. The van der Waals surface area contributed by atoms with Crippen LogP contribution in [0.4, 0.5) is 0 Å². The fourth-order valence-corrected chi connectivity index (χ4v) is 1.96. The Balaban J connectivity index is 2.30. The first-order valence-electron chi connectivity index (χ1n) is 6.31. The van der Waals surface area contributed by atoms with Crippen LogP contribution >= 0.6 is 0 Å². The first kappa shape index (κ1) is 13.8. The summed E-state index contributed by atoms with van der Waals surface area (Å²) in [5.41, 5.74) is 5.52. The molecule has 0 bridgehead atoms. The molecule has 4 N–H and O–H groups in total. The van der Waals surface area contributed by atoms with Gasteiger partial charge in [0.1, 0.15) is 5.92 Å². The Morgan fingerprint density at radius 2 is 2.18 bits per heavy atom. The molecule has 1 unspecified atom stereocenters. The van der Waals surface area contributed by atoms with E-state index in [2.05, 4.69) is 10.5 Å². The molecule has 5 heteroatoms. The number of carbonyl (C=O) groups is 1. The molecule has 5 nitrogen and oxygen atoms in total. The van der Waals surface area contributed by atoms with E-state index >= 15 is 0 Å². The van der Waals surface area contributed by atoms with Gasteiger partial charge in [0.05, 0.1) is 0 Å². The van der Waals surface area contributed by atoms with E-state index in [9.17, 15) is 4.79 Å². The highest BCUT2D eigenvalue weighted by Gasteiger charge is 2.26. The Labute approximate surface area is 102 Å². The summed E-state index contributed by atoms with van der Waals surface area (Å²) in [6, 6.07) is 0. The van der Waals surface area contributed by atoms with Gasteiger partial charge in [-0.3, -0.25) is 4.79 Å². The summed E-state index contributed by atoms with van der Waals surface area (Å²) in [4.78, 5) is 11.9. The number of hydrogen-bond donors (Lipinski definition) is 3. The monoisotopic (exact) mass is 241 g/mol. The number of amidine groups is 1. The third-order valence-corrected chi connectivity index (χ3v) is 3.17. The van der Waals surface area contributed by atoms with E-state index in [0.29, 0.717) is 6.54 Å². The predicted octanol–water partition coefficient (Wildman–Crippen LogP) is 1.31. The van der Waals surface area contributed by atoms with E-state index in [1.54, 1.807) is 0 Å². The van der Waals surface area contributed by atoms with Crippen molar-refractivity contribution in [1.29, 1.82) is 0 Å². The standard InChI is InChI=1S/C12H23N3O2/c1-8(2)10(11(13)15-17)12(16)14-7-3-4-9-5-6-9/h8-10,17H,3-7H2,1-2H3,(H2,13,15)(H,14,16). The van der Waals surface area contributed by atoms with Crippen LogP contribution in [0.1, 0.15) is 39.5 Å². The molecule has 1 aliphatic carbocycles. The number of nitrogens with one attached hydrogen (secondary N) is 1. The van der Waals surface area contributed by atoms with Gasteiger partial charge in [-0.05, 0) is 24.7 Å². The number of nitrogens with zero attached hydrogens (tertiary/aromatic N) is 1. The van der Waals surface area contributed by atoms with Crippen LogP contribution in [0.5, 0.6) is 0 Å².